The first kappa shape index (κ1) is 9.20. The lowest BCUT2D eigenvalue weighted by molar-refractivity contribution is -0.133. The number of hydrogen-bond acceptors (Lipinski definition) is 2. The average molecular weight is 182 g/mol. The number of ketones is 1. The molecular formula is C11H18O2. The molecule has 2 heteroatoms. The molecule has 2 aliphatic rings. The van der Waals surface area contributed by atoms with Crippen LogP contribution in [0, 0.1) is 5.41 Å². The molecule has 0 heterocycles. The molecule has 2 nitrogen and oxygen atoms in total. The summed E-state index contributed by atoms with van der Waals surface area (Å²) in [6.45, 7) is 0. The first-order chi connectivity index (χ1) is 6.26. The minimum absolute atomic E-state index is 0.309. The van der Waals surface area contributed by atoms with Crippen molar-refractivity contribution in [2.45, 2.75) is 57.5 Å². The van der Waals surface area contributed by atoms with Crippen molar-refractivity contribution >= 4 is 5.78 Å². The van der Waals surface area contributed by atoms with E-state index in [-0.39, 0.29) is 11.5 Å². The molecule has 2 saturated carbocycles. The van der Waals surface area contributed by atoms with E-state index >= 15 is 0 Å². The molecule has 0 aromatic rings. The summed E-state index contributed by atoms with van der Waals surface area (Å²) in [5, 5.41) is 9.88. The fourth-order valence-corrected chi connectivity index (χ4v) is 2.96. The predicted octanol–water partition coefficient (Wildman–Crippen LogP) is 2.05. The Morgan fingerprint density at radius 2 is 1.92 bits per heavy atom. The second kappa shape index (κ2) is 3.41. The summed E-state index contributed by atoms with van der Waals surface area (Å²) in [5.41, 5.74) is -0.309. The van der Waals surface area contributed by atoms with Crippen LogP contribution in [0.5, 0.6) is 0 Å². The number of aliphatic hydroxyl groups is 1. The van der Waals surface area contributed by atoms with Gasteiger partial charge in [-0.15, -0.1) is 0 Å². The Hall–Kier alpha value is -0.370. The van der Waals surface area contributed by atoms with E-state index in [1.54, 1.807) is 0 Å². The first-order valence-electron chi connectivity index (χ1n) is 5.47. The lowest BCUT2D eigenvalue weighted by Gasteiger charge is -2.29. The molecule has 0 aliphatic heterocycles. The van der Waals surface area contributed by atoms with Gasteiger partial charge in [0.2, 0.25) is 0 Å². The van der Waals surface area contributed by atoms with Gasteiger partial charge >= 0.3 is 0 Å². The highest BCUT2D eigenvalue weighted by atomic mass is 16.3. The normalized spacial score (nSPS) is 41.0. The van der Waals surface area contributed by atoms with Crippen molar-refractivity contribution in [3.63, 3.8) is 0 Å². The van der Waals surface area contributed by atoms with Gasteiger partial charge in [-0.3, -0.25) is 4.79 Å². The van der Waals surface area contributed by atoms with Crippen LogP contribution in [0.1, 0.15) is 51.4 Å². The van der Waals surface area contributed by atoms with Gasteiger partial charge in [0.25, 0.3) is 0 Å². The van der Waals surface area contributed by atoms with Gasteiger partial charge in [0.15, 0.2) is 0 Å². The van der Waals surface area contributed by atoms with Gasteiger partial charge in [-0.1, -0.05) is 12.8 Å². The molecule has 2 aliphatic carbocycles. The van der Waals surface area contributed by atoms with Crippen molar-refractivity contribution in [3.05, 3.63) is 0 Å². The second-order valence-electron chi connectivity index (χ2n) is 4.55. The molecule has 13 heavy (non-hydrogen) atoms. The Bertz CT molecular complexity index is 212. The zero-order valence-electron chi connectivity index (χ0n) is 8.09. The van der Waals surface area contributed by atoms with E-state index in [2.05, 4.69) is 0 Å². The number of rotatable bonds is 0. The highest BCUT2D eigenvalue weighted by Gasteiger charge is 2.47. The monoisotopic (exact) mass is 182 g/mol. The van der Waals surface area contributed by atoms with E-state index in [0.717, 1.165) is 38.5 Å². The van der Waals surface area contributed by atoms with Crippen LogP contribution < -0.4 is 0 Å². The molecule has 0 unspecified atom stereocenters. The quantitative estimate of drug-likeness (QED) is 0.622. The third-order valence-electron chi connectivity index (χ3n) is 3.82. The molecule has 2 atom stereocenters. The summed E-state index contributed by atoms with van der Waals surface area (Å²) < 4.78 is 0. The number of aliphatic hydroxyl groups excluding tert-OH is 1. The van der Waals surface area contributed by atoms with Gasteiger partial charge in [-0.2, -0.15) is 0 Å². The SMILES string of the molecule is O=C1CCCCC[C@@]12CCC[C@H]2O. The van der Waals surface area contributed by atoms with Gasteiger partial charge in [-0.05, 0) is 32.1 Å². The average Bonchev–Trinajstić information content (AvgIpc) is 2.36. The maximum absolute atomic E-state index is 11.9. The van der Waals surface area contributed by atoms with Gasteiger partial charge in [0.05, 0.1) is 11.5 Å². The molecule has 0 amide bonds. The molecule has 1 spiro atoms. The molecule has 0 aromatic heterocycles. The summed E-state index contributed by atoms with van der Waals surface area (Å²) in [6.07, 6.45) is 7.45. The van der Waals surface area contributed by atoms with Crippen molar-refractivity contribution in [2.75, 3.05) is 0 Å². The van der Waals surface area contributed by atoms with Crippen LogP contribution >= 0.6 is 0 Å². The van der Waals surface area contributed by atoms with E-state index in [0.29, 0.717) is 12.2 Å². The van der Waals surface area contributed by atoms with Crippen LogP contribution in [0.3, 0.4) is 0 Å². The van der Waals surface area contributed by atoms with Crippen LogP contribution in [0.15, 0.2) is 0 Å². The molecule has 74 valence electrons. The standard InChI is InChI=1S/C11H18O2/c12-9-5-2-1-3-7-11(9)8-4-6-10(11)13/h10,13H,1-8H2/t10-,11-/m1/s1. The molecule has 0 radical (unpaired) electrons. The van der Waals surface area contributed by atoms with Gasteiger partial charge in [0, 0.05) is 6.42 Å². The van der Waals surface area contributed by atoms with Crippen LogP contribution in [0.2, 0.25) is 0 Å². The second-order valence-corrected chi connectivity index (χ2v) is 4.55. The largest absolute Gasteiger partial charge is 0.392 e. The molecule has 0 saturated heterocycles. The maximum Gasteiger partial charge on any atom is 0.141 e. The number of carbonyl (C=O) groups excluding carboxylic acids is 1. The Morgan fingerprint density at radius 3 is 2.62 bits per heavy atom. The number of carbonyl (C=O) groups is 1. The Kier molecular flexibility index (Phi) is 2.41. The molecule has 0 bridgehead atoms. The van der Waals surface area contributed by atoms with Crippen molar-refractivity contribution in [2.24, 2.45) is 5.41 Å². The van der Waals surface area contributed by atoms with Crippen LogP contribution in [-0.4, -0.2) is 17.0 Å². The van der Waals surface area contributed by atoms with Gasteiger partial charge in [0.1, 0.15) is 5.78 Å². The van der Waals surface area contributed by atoms with Crippen molar-refractivity contribution in [3.8, 4) is 0 Å². The lowest BCUT2D eigenvalue weighted by atomic mass is 9.76. The summed E-state index contributed by atoms with van der Waals surface area (Å²) >= 11 is 0. The highest BCUT2D eigenvalue weighted by molar-refractivity contribution is 5.86. The van der Waals surface area contributed by atoms with E-state index in [1.165, 1.54) is 6.42 Å². The fraction of sp³-hybridized carbons (Fsp3) is 0.909. The predicted molar refractivity (Wildman–Crippen MR) is 50.4 cm³/mol. The summed E-state index contributed by atoms with van der Waals surface area (Å²) in [4.78, 5) is 11.9. The Morgan fingerprint density at radius 1 is 1.15 bits per heavy atom. The Labute approximate surface area is 79.3 Å². The lowest BCUT2D eigenvalue weighted by Crippen LogP contribution is -2.37. The topological polar surface area (TPSA) is 37.3 Å². The minimum atomic E-state index is -0.335. The third kappa shape index (κ3) is 1.41. The highest BCUT2D eigenvalue weighted by Crippen LogP contribution is 2.45. The smallest absolute Gasteiger partial charge is 0.141 e. The molecule has 2 fully saturated rings. The third-order valence-corrected chi connectivity index (χ3v) is 3.82. The number of Topliss-reactive ketones (excluding diaryl/α,β-unsaturated/α-hetero) is 1. The Balaban J connectivity index is 2.21. The zero-order chi connectivity index (χ0) is 9.31. The maximum atomic E-state index is 11.9. The summed E-state index contributed by atoms with van der Waals surface area (Å²) in [5.74, 6) is 0.343. The zero-order valence-corrected chi connectivity index (χ0v) is 8.09. The van der Waals surface area contributed by atoms with Crippen LogP contribution in [0.4, 0.5) is 0 Å². The van der Waals surface area contributed by atoms with Gasteiger partial charge < -0.3 is 5.11 Å². The van der Waals surface area contributed by atoms with E-state index in [1.807, 2.05) is 0 Å². The molecular weight excluding hydrogens is 164 g/mol. The van der Waals surface area contributed by atoms with Crippen LogP contribution in [-0.2, 0) is 4.79 Å². The molecule has 0 aromatic carbocycles. The molecule has 1 N–H and O–H groups in total. The summed E-state index contributed by atoms with van der Waals surface area (Å²) in [7, 11) is 0. The van der Waals surface area contributed by atoms with Crippen LogP contribution in [0.25, 0.3) is 0 Å². The molecule has 2 rings (SSSR count). The first-order valence-corrected chi connectivity index (χ1v) is 5.47. The van der Waals surface area contributed by atoms with E-state index < -0.39 is 0 Å². The van der Waals surface area contributed by atoms with E-state index in [9.17, 15) is 9.90 Å². The summed E-state index contributed by atoms with van der Waals surface area (Å²) in [6, 6.07) is 0. The van der Waals surface area contributed by atoms with Crippen molar-refractivity contribution in [1.29, 1.82) is 0 Å². The number of hydrogen-bond donors (Lipinski definition) is 1. The van der Waals surface area contributed by atoms with Crippen molar-refractivity contribution < 1.29 is 9.90 Å². The van der Waals surface area contributed by atoms with E-state index in [4.69, 9.17) is 0 Å². The van der Waals surface area contributed by atoms with Crippen molar-refractivity contribution in [1.82, 2.24) is 0 Å². The fourth-order valence-electron chi connectivity index (χ4n) is 2.96. The minimum Gasteiger partial charge on any atom is -0.392 e. The van der Waals surface area contributed by atoms with Gasteiger partial charge in [-0.25, -0.2) is 0 Å².